The van der Waals surface area contributed by atoms with Gasteiger partial charge in [-0.15, -0.1) is 0 Å². The number of hydrogen-bond donors (Lipinski definition) is 0. The predicted molar refractivity (Wildman–Crippen MR) is 91.8 cm³/mol. The van der Waals surface area contributed by atoms with E-state index in [2.05, 4.69) is 59.6 Å². The molecule has 0 saturated heterocycles. The molecule has 0 spiro atoms. The van der Waals surface area contributed by atoms with Gasteiger partial charge in [-0.05, 0) is 33.6 Å². The first-order valence-corrected chi connectivity index (χ1v) is 7.88. The lowest BCUT2D eigenvalue weighted by atomic mass is 10.2. The fourth-order valence-electron chi connectivity index (χ4n) is 2.30. The van der Waals surface area contributed by atoms with E-state index in [1.54, 1.807) is 0 Å². The molecule has 112 valence electrons. The summed E-state index contributed by atoms with van der Waals surface area (Å²) in [5, 5.41) is 0. The van der Waals surface area contributed by atoms with E-state index in [1.165, 1.54) is 5.56 Å². The van der Waals surface area contributed by atoms with Gasteiger partial charge in [-0.1, -0.05) is 30.3 Å². The van der Waals surface area contributed by atoms with Crippen molar-refractivity contribution in [2.24, 2.45) is 0 Å². The quantitative estimate of drug-likeness (QED) is 0.698. The van der Waals surface area contributed by atoms with Crippen molar-refractivity contribution < 1.29 is 0 Å². The highest BCUT2D eigenvalue weighted by Crippen LogP contribution is 2.16. The molecule has 0 N–H and O–H groups in total. The Kier molecular flexibility index (Phi) is 4.53. The van der Waals surface area contributed by atoms with Crippen LogP contribution in [0.3, 0.4) is 0 Å². The Morgan fingerprint density at radius 3 is 2.64 bits per heavy atom. The molecule has 2 aromatic heterocycles. The van der Waals surface area contributed by atoms with E-state index in [0.717, 1.165) is 22.7 Å². The lowest BCUT2D eigenvalue weighted by Crippen LogP contribution is -2.20. The van der Waals surface area contributed by atoms with Gasteiger partial charge in [-0.3, -0.25) is 0 Å². The molecule has 0 fully saturated rings. The third-order valence-electron chi connectivity index (χ3n) is 3.48. The summed E-state index contributed by atoms with van der Waals surface area (Å²) in [4.78, 5) is 11.0. The fourth-order valence-corrected chi connectivity index (χ4v) is 2.54. The lowest BCUT2D eigenvalue weighted by molar-refractivity contribution is 0.704. The lowest BCUT2D eigenvalue weighted by Gasteiger charge is -2.18. The van der Waals surface area contributed by atoms with Gasteiger partial charge >= 0.3 is 0 Å². The molecular weight excluding hydrogens is 340 g/mol. The van der Waals surface area contributed by atoms with Crippen LogP contribution < -0.4 is 4.90 Å². The summed E-state index contributed by atoms with van der Waals surface area (Å²) < 4.78 is 3.15. The molecule has 0 unspecified atom stereocenters. The van der Waals surface area contributed by atoms with Crippen LogP contribution in [-0.2, 0) is 13.1 Å². The molecule has 0 amide bonds. The maximum absolute atomic E-state index is 4.48. The molecule has 2 heterocycles. The van der Waals surface area contributed by atoms with Crippen molar-refractivity contribution >= 4 is 21.7 Å². The molecule has 22 heavy (non-hydrogen) atoms. The summed E-state index contributed by atoms with van der Waals surface area (Å²) in [5.41, 5.74) is 1.27. The number of pyridine rings is 1. The van der Waals surface area contributed by atoms with Crippen LogP contribution in [0.5, 0.6) is 0 Å². The van der Waals surface area contributed by atoms with Crippen LogP contribution >= 0.6 is 15.9 Å². The summed E-state index contributed by atoms with van der Waals surface area (Å²) >= 11 is 3.41. The van der Waals surface area contributed by atoms with Gasteiger partial charge in [0.25, 0.3) is 0 Å². The van der Waals surface area contributed by atoms with Crippen LogP contribution in [0, 0.1) is 0 Å². The number of benzene rings is 1. The van der Waals surface area contributed by atoms with E-state index < -0.39 is 0 Å². The maximum atomic E-state index is 4.48. The molecule has 0 bridgehead atoms. The average molecular weight is 357 g/mol. The average Bonchev–Trinajstić information content (AvgIpc) is 2.96. The third kappa shape index (κ3) is 3.54. The maximum Gasteiger partial charge on any atom is 0.128 e. The molecule has 4 nitrogen and oxygen atoms in total. The van der Waals surface area contributed by atoms with E-state index in [4.69, 9.17) is 0 Å². The summed E-state index contributed by atoms with van der Waals surface area (Å²) in [7, 11) is 2.03. The van der Waals surface area contributed by atoms with Crippen molar-refractivity contribution in [3.63, 3.8) is 0 Å². The Bertz CT molecular complexity index is 722. The van der Waals surface area contributed by atoms with E-state index in [-0.39, 0.29) is 0 Å². The molecule has 1 aromatic carbocycles. The van der Waals surface area contributed by atoms with Crippen molar-refractivity contribution in [2.75, 3.05) is 11.9 Å². The number of hydrogen-bond acceptors (Lipinski definition) is 3. The molecule has 0 saturated carbocycles. The molecule has 0 aliphatic rings. The number of imidazole rings is 1. The molecular formula is C17H17BrN4. The standard InChI is InChI=1S/C17H17BrN4/c1-21(16-8-7-15(18)11-20-16)13-17-19-9-10-22(17)12-14-5-3-2-4-6-14/h2-11H,12-13H2,1H3. The minimum absolute atomic E-state index is 0.717. The smallest absolute Gasteiger partial charge is 0.128 e. The van der Waals surface area contributed by atoms with Gasteiger partial charge in [0.05, 0.1) is 6.54 Å². The van der Waals surface area contributed by atoms with E-state index in [0.29, 0.717) is 6.54 Å². The van der Waals surface area contributed by atoms with Gasteiger partial charge in [0.15, 0.2) is 0 Å². The van der Waals surface area contributed by atoms with Gasteiger partial charge in [0.1, 0.15) is 11.6 Å². The Hall–Kier alpha value is -2.14. The zero-order valence-corrected chi connectivity index (χ0v) is 13.9. The summed E-state index contributed by atoms with van der Waals surface area (Å²) in [6, 6.07) is 14.4. The Morgan fingerprint density at radius 2 is 1.91 bits per heavy atom. The largest absolute Gasteiger partial charge is 0.352 e. The van der Waals surface area contributed by atoms with Crippen molar-refractivity contribution in [1.82, 2.24) is 14.5 Å². The molecule has 0 aliphatic heterocycles. The van der Waals surface area contributed by atoms with Crippen LogP contribution in [0.4, 0.5) is 5.82 Å². The van der Waals surface area contributed by atoms with Gasteiger partial charge in [-0.2, -0.15) is 0 Å². The first-order chi connectivity index (χ1) is 10.7. The van der Waals surface area contributed by atoms with E-state index in [9.17, 15) is 0 Å². The minimum Gasteiger partial charge on any atom is -0.352 e. The van der Waals surface area contributed by atoms with Gasteiger partial charge in [0.2, 0.25) is 0 Å². The van der Waals surface area contributed by atoms with E-state index in [1.807, 2.05) is 43.8 Å². The number of halogens is 1. The Labute approximate surface area is 138 Å². The van der Waals surface area contributed by atoms with Crippen LogP contribution in [0.1, 0.15) is 11.4 Å². The first-order valence-electron chi connectivity index (χ1n) is 7.09. The van der Waals surface area contributed by atoms with Crippen molar-refractivity contribution in [2.45, 2.75) is 13.1 Å². The van der Waals surface area contributed by atoms with Crippen molar-refractivity contribution in [3.05, 3.63) is 76.9 Å². The van der Waals surface area contributed by atoms with Crippen LogP contribution in [-0.4, -0.2) is 21.6 Å². The molecule has 3 aromatic rings. The molecule has 3 rings (SSSR count). The highest BCUT2D eigenvalue weighted by atomic mass is 79.9. The zero-order chi connectivity index (χ0) is 15.4. The fraction of sp³-hybridized carbons (Fsp3) is 0.176. The summed E-state index contributed by atoms with van der Waals surface area (Å²) in [6.07, 6.45) is 5.68. The normalized spacial score (nSPS) is 10.6. The Morgan fingerprint density at radius 1 is 1.09 bits per heavy atom. The minimum atomic E-state index is 0.717. The van der Waals surface area contributed by atoms with Gasteiger partial charge in [-0.25, -0.2) is 9.97 Å². The van der Waals surface area contributed by atoms with Gasteiger partial charge in [0, 0.05) is 36.7 Å². The molecule has 0 radical (unpaired) electrons. The zero-order valence-electron chi connectivity index (χ0n) is 12.4. The SMILES string of the molecule is CN(Cc1nccn1Cc1ccccc1)c1ccc(Br)cn1. The summed E-state index contributed by atoms with van der Waals surface area (Å²) in [6.45, 7) is 1.55. The number of nitrogens with zero attached hydrogens (tertiary/aromatic N) is 4. The van der Waals surface area contributed by atoms with Crippen molar-refractivity contribution in [3.8, 4) is 0 Å². The van der Waals surface area contributed by atoms with Crippen LogP contribution in [0.25, 0.3) is 0 Å². The monoisotopic (exact) mass is 356 g/mol. The van der Waals surface area contributed by atoms with Crippen LogP contribution in [0.2, 0.25) is 0 Å². The second-order valence-corrected chi connectivity index (χ2v) is 6.06. The van der Waals surface area contributed by atoms with Gasteiger partial charge < -0.3 is 9.47 Å². The highest BCUT2D eigenvalue weighted by Gasteiger charge is 2.08. The second-order valence-electron chi connectivity index (χ2n) is 5.15. The van der Waals surface area contributed by atoms with Crippen molar-refractivity contribution in [1.29, 1.82) is 0 Å². The third-order valence-corrected chi connectivity index (χ3v) is 3.95. The Balaban J connectivity index is 1.73. The molecule has 0 aliphatic carbocycles. The number of aromatic nitrogens is 3. The topological polar surface area (TPSA) is 34.0 Å². The highest BCUT2D eigenvalue weighted by molar-refractivity contribution is 9.10. The predicted octanol–water partition coefficient (Wildman–Crippen LogP) is 3.73. The second kappa shape index (κ2) is 6.75. The van der Waals surface area contributed by atoms with Crippen LogP contribution in [0.15, 0.2) is 65.5 Å². The first kappa shape index (κ1) is 14.8. The van der Waals surface area contributed by atoms with E-state index >= 15 is 0 Å². The molecule has 5 heteroatoms. The molecule has 0 atom stereocenters. The number of rotatable bonds is 5. The number of anilines is 1. The summed E-state index contributed by atoms with van der Waals surface area (Å²) in [5.74, 6) is 1.95.